The number of aromatic nitrogens is 2. The maximum atomic E-state index is 10.8. The summed E-state index contributed by atoms with van der Waals surface area (Å²) < 4.78 is 11.6. The molecule has 1 N–H and O–H groups in total. The van der Waals surface area contributed by atoms with Crippen molar-refractivity contribution in [3.05, 3.63) is 70.1 Å². The van der Waals surface area contributed by atoms with Crippen LogP contribution in [-0.4, -0.2) is 44.4 Å². The van der Waals surface area contributed by atoms with Crippen molar-refractivity contribution >= 4 is 5.69 Å². The number of hydrogen-bond donors (Lipinski definition) is 1. The van der Waals surface area contributed by atoms with E-state index in [1.54, 1.807) is 24.3 Å². The molecule has 0 radical (unpaired) electrons. The van der Waals surface area contributed by atoms with Crippen LogP contribution in [0.5, 0.6) is 5.75 Å². The number of nitro benzene ring substituents is 1. The van der Waals surface area contributed by atoms with Gasteiger partial charge in [0.2, 0.25) is 11.8 Å². The van der Waals surface area contributed by atoms with Gasteiger partial charge in [-0.2, -0.15) is 0 Å². The van der Waals surface area contributed by atoms with Gasteiger partial charge >= 0.3 is 0 Å². The zero-order valence-electron chi connectivity index (χ0n) is 16.3. The molecule has 0 bridgehead atoms. The minimum Gasteiger partial charge on any atom is -0.508 e. The Morgan fingerprint density at radius 2 is 1.93 bits per heavy atom. The lowest BCUT2D eigenvalue weighted by atomic mass is 10.1. The molecule has 0 amide bonds. The first-order valence-corrected chi connectivity index (χ1v) is 9.76. The zero-order valence-corrected chi connectivity index (χ0v) is 16.3. The summed E-state index contributed by atoms with van der Waals surface area (Å²) >= 11 is 0. The van der Waals surface area contributed by atoms with Crippen molar-refractivity contribution in [1.82, 2.24) is 15.1 Å². The number of non-ortho nitro benzene ring substituents is 1. The fourth-order valence-electron chi connectivity index (χ4n) is 3.50. The lowest BCUT2D eigenvalue weighted by molar-refractivity contribution is -0.384. The van der Waals surface area contributed by atoms with Gasteiger partial charge in [0, 0.05) is 43.0 Å². The zero-order chi connectivity index (χ0) is 20.9. The smallest absolute Gasteiger partial charge is 0.269 e. The highest BCUT2D eigenvalue weighted by Gasteiger charge is 2.22. The van der Waals surface area contributed by atoms with Crippen molar-refractivity contribution < 1.29 is 19.2 Å². The number of benzene rings is 2. The van der Waals surface area contributed by atoms with Gasteiger partial charge in [-0.3, -0.25) is 15.0 Å². The summed E-state index contributed by atoms with van der Waals surface area (Å²) in [6.07, 6.45) is 2.17. The maximum Gasteiger partial charge on any atom is 0.269 e. The first-order chi connectivity index (χ1) is 14.6. The molecule has 9 nitrogen and oxygen atoms in total. The topological polar surface area (TPSA) is 115 Å². The SMILES string of the molecule is O=[N+]([O-])c1ccc(-c2nnc(CN(Cc3ccccc3O)CC3CCCO3)o2)cc1. The third kappa shape index (κ3) is 4.81. The molecular formula is C21H22N4O5. The van der Waals surface area contributed by atoms with E-state index in [1.807, 2.05) is 12.1 Å². The summed E-state index contributed by atoms with van der Waals surface area (Å²) in [5.74, 6) is 0.975. The summed E-state index contributed by atoms with van der Waals surface area (Å²) in [6.45, 7) is 2.36. The first-order valence-electron chi connectivity index (χ1n) is 9.76. The number of phenolic OH excluding ortho intramolecular Hbond substituents is 1. The molecule has 4 rings (SSSR count). The van der Waals surface area contributed by atoms with Crippen LogP contribution in [0.2, 0.25) is 0 Å². The average molecular weight is 410 g/mol. The Balaban J connectivity index is 1.49. The number of hydrogen-bond acceptors (Lipinski definition) is 8. The van der Waals surface area contributed by atoms with Crippen molar-refractivity contribution in [2.24, 2.45) is 0 Å². The van der Waals surface area contributed by atoms with Gasteiger partial charge in [-0.1, -0.05) is 18.2 Å². The Morgan fingerprint density at radius 3 is 2.63 bits per heavy atom. The molecule has 1 fully saturated rings. The molecule has 1 aromatic heterocycles. The number of ether oxygens (including phenoxy) is 1. The van der Waals surface area contributed by atoms with Crippen molar-refractivity contribution in [1.29, 1.82) is 0 Å². The van der Waals surface area contributed by atoms with Gasteiger partial charge in [-0.15, -0.1) is 10.2 Å². The van der Waals surface area contributed by atoms with Crippen LogP contribution in [0.3, 0.4) is 0 Å². The molecule has 1 aliphatic rings. The van der Waals surface area contributed by atoms with Crippen LogP contribution in [-0.2, 0) is 17.8 Å². The molecule has 3 aromatic rings. The predicted molar refractivity (Wildman–Crippen MR) is 108 cm³/mol. The third-order valence-electron chi connectivity index (χ3n) is 5.02. The molecule has 9 heteroatoms. The van der Waals surface area contributed by atoms with E-state index in [0.29, 0.717) is 37.0 Å². The molecule has 1 atom stereocenters. The summed E-state index contributed by atoms with van der Waals surface area (Å²) in [5, 5.41) is 29.2. The highest BCUT2D eigenvalue weighted by molar-refractivity contribution is 5.55. The standard InChI is InChI=1S/C21H22N4O5/c26-19-6-2-1-4-16(19)12-24(13-18-5-3-11-29-18)14-20-22-23-21(30-20)15-7-9-17(10-8-15)25(27)28/h1-2,4,6-10,18,26H,3,5,11-14H2. The van der Waals surface area contributed by atoms with Gasteiger partial charge in [0.05, 0.1) is 17.6 Å². The van der Waals surface area contributed by atoms with Gasteiger partial charge in [0.25, 0.3) is 5.69 Å². The third-order valence-corrected chi connectivity index (χ3v) is 5.02. The van der Waals surface area contributed by atoms with Crippen molar-refractivity contribution in [2.75, 3.05) is 13.2 Å². The van der Waals surface area contributed by atoms with Crippen molar-refractivity contribution in [2.45, 2.75) is 32.0 Å². The minimum absolute atomic E-state index is 0.00361. The quantitative estimate of drug-likeness (QED) is 0.443. The fraction of sp³-hybridized carbons (Fsp3) is 0.333. The van der Waals surface area contributed by atoms with E-state index >= 15 is 0 Å². The molecule has 2 heterocycles. The van der Waals surface area contributed by atoms with Crippen LogP contribution >= 0.6 is 0 Å². The van der Waals surface area contributed by atoms with Crippen molar-refractivity contribution in [3.63, 3.8) is 0 Å². The van der Waals surface area contributed by atoms with E-state index in [-0.39, 0.29) is 17.5 Å². The van der Waals surface area contributed by atoms with Gasteiger partial charge < -0.3 is 14.3 Å². The average Bonchev–Trinajstić information content (AvgIpc) is 3.42. The molecule has 0 saturated carbocycles. The van der Waals surface area contributed by atoms with Gasteiger partial charge in [-0.25, -0.2) is 0 Å². The van der Waals surface area contributed by atoms with Crippen LogP contribution in [0.4, 0.5) is 5.69 Å². The van der Waals surface area contributed by atoms with E-state index in [2.05, 4.69) is 15.1 Å². The van der Waals surface area contributed by atoms with E-state index in [1.165, 1.54) is 12.1 Å². The summed E-state index contributed by atoms with van der Waals surface area (Å²) in [7, 11) is 0. The van der Waals surface area contributed by atoms with Gasteiger partial charge in [0.15, 0.2) is 0 Å². The Bertz CT molecular complexity index is 999. The maximum absolute atomic E-state index is 10.8. The second-order valence-electron chi connectivity index (χ2n) is 7.24. The normalized spacial score (nSPS) is 16.2. The largest absolute Gasteiger partial charge is 0.508 e. The Hall–Kier alpha value is -3.30. The molecule has 0 aliphatic carbocycles. The van der Waals surface area contributed by atoms with E-state index in [4.69, 9.17) is 9.15 Å². The number of nitrogens with zero attached hydrogens (tertiary/aromatic N) is 4. The van der Waals surface area contributed by atoms with Crippen LogP contribution in [0.15, 0.2) is 52.9 Å². The first kappa shape index (κ1) is 20.0. The Kier molecular flexibility index (Phi) is 6.01. The molecule has 2 aromatic carbocycles. The highest BCUT2D eigenvalue weighted by atomic mass is 16.6. The number of rotatable bonds is 8. The monoisotopic (exact) mass is 410 g/mol. The second kappa shape index (κ2) is 9.02. The van der Waals surface area contributed by atoms with Crippen LogP contribution in [0.1, 0.15) is 24.3 Å². The molecule has 156 valence electrons. The highest BCUT2D eigenvalue weighted by Crippen LogP contribution is 2.24. The number of phenols is 1. The number of aromatic hydroxyl groups is 1. The molecule has 1 saturated heterocycles. The molecule has 1 aliphatic heterocycles. The lowest BCUT2D eigenvalue weighted by Gasteiger charge is -2.24. The molecule has 0 spiro atoms. The van der Waals surface area contributed by atoms with Gasteiger partial charge in [0.1, 0.15) is 5.75 Å². The summed E-state index contributed by atoms with van der Waals surface area (Å²) in [5.41, 5.74) is 1.43. The van der Waals surface area contributed by atoms with E-state index in [9.17, 15) is 15.2 Å². The number of nitro groups is 1. The molecular weight excluding hydrogens is 388 g/mol. The molecule has 1 unspecified atom stereocenters. The lowest BCUT2D eigenvalue weighted by Crippen LogP contribution is -2.31. The molecule has 30 heavy (non-hydrogen) atoms. The van der Waals surface area contributed by atoms with E-state index in [0.717, 1.165) is 25.0 Å². The van der Waals surface area contributed by atoms with Crippen LogP contribution < -0.4 is 0 Å². The minimum atomic E-state index is -0.453. The Labute approximate surface area is 173 Å². The number of para-hydroxylation sites is 1. The van der Waals surface area contributed by atoms with Crippen LogP contribution in [0.25, 0.3) is 11.5 Å². The van der Waals surface area contributed by atoms with Gasteiger partial charge in [-0.05, 0) is 31.0 Å². The fourth-order valence-corrected chi connectivity index (χ4v) is 3.50. The Morgan fingerprint density at radius 1 is 1.13 bits per heavy atom. The summed E-state index contributed by atoms with van der Waals surface area (Å²) in [6, 6.07) is 13.2. The van der Waals surface area contributed by atoms with Crippen LogP contribution in [0, 0.1) is 10.1 Å². The van der Waals surface area contributed by atoms with Crippen molar-refractivity contribution in [3.8, 4) is 17.2 Å². The summed E-state index contributed by atoms with van der Waals surface area (Å²) in [4.78, 5) is 12.5. The predicted octanol–water partition coefficient (Wildman–Crippen LogP) is 3.53. The van der Waals surface area contributed by atoms with E-state index < -0.39 is 4.92 Å². The second-order valence-corrected chi connectivity index (χ2v) is 7.24.